The maximum atomic E-state index is 11.6. The zero-order valence-corrected chi connectivity index (χ0v) is 10.6. The number of rotatable bonds is 5. The second kappa shape index (κ2) is 5.80. The molecule has 0 saturated heterocycles. The molecule has 1 aromatic carbocycles. The Hall–Kier alpha value is -1.39. The first-order chi connectivity index (χ1) is 8.27. The van der Waals surface area contributed by atoms with Gasteiger partial charge in [-0.3, -0.25) is 4.79 Å². The topological polar surface area (TPSA) is 39.4 Å². The highest BCUT2D eigenvalue weighted by Crippen LogP contribution is 2.16. The van der Waals surface area contributed by atoms with Crippen LogP contribution in [-0.2, 0) is 11.3 Å². The lowest BCUT2D eigenvalue weighted by atomic mass is 10.2. The fourth-order valence-corrected chi connectivity index (χ4v) is 1.78. The summed E-state index contributed by atoms with van der Waals surface area (Å²) in [7, 11) is 0. The van der Waals surface area contributed by atoms with Crippen molar-refractivity contribution in [2.24, 2.45) is 0 Å². The summed E-state index contributed by atoms with van der Waals surface area (Å²) in [5.74, 6) is 0.180. The number of halogens is 1. The van der Waals surface area contributed by atoms with Crippen molar-refractivity contribution in [3.63, 3.8) is 0 Å². The predicted molar refractivity (Wildman–Crippen MR) is 66.8 cm³/mol. The van der Waals surface area contributed by atoms with Crippen molar-refractivity contribution in [3.05, 3.63) is 58.5 Å². The van der Waals surface area contributed by atoms with Crippen LogP contribution in [0, 0.1) is 0 Å². The maximum Gasteiger partial charge on any atom is 0.223 e. The molecule has 88 valence electrons. The summed E-state index contributed by atoms with van der Waals surface area (Å²) in [6, 6.07) is 11.1. The third kappa shape index (κ3) is 3.28. The lowest BCUT2D eigenvalue weighted by molar-refractivity contribution is 0.0699. The van der Waals surface area contributed by atoms with Gasteiger partial charge in [0.2, 0.25) is 5.78 Å². The van der Waals surface area contributed by atoms with E-state index in [1.54, 1.807) is 12.1 Å². The molecule has 0 spiro atoms. The minimum atomic E-state index is -0.151. The van der Waals surface area contributed by atoms with E-state index in [9.17, 15) is 4.79 Å². The molecule has 0 aliphatic rings. The second-order valence-electron chi connectivity index (χ2n) is 3.48. The fourth-order valence-electron chi connectivity index (χ4n) is 1.38. The Balaban J connectivity index is 1.84. The van der Waals surface area contributed by atoms with Gasteiger partial charge in [0.15, 0.2) is 5.76 Å². The van der Waals surface area contributed by atoms with Gasteiger partial charge in [0.25, 0.3) is 0 Å². The van der Waals surface area contributed by atoms with Gasteiger partial charge in [-0.15, -0.1) is 0 Å². The summed E-state index contributed by atoms with van der Waals surface area (Å²) in [5.41, 5.74) is 1.01. The fraction of sp³-hybridized carbons (Fsp3) is 0.154. The van der Waals surface area contributed by atoms with E-state index in [4.69, 9.17) is 9.15 Å². The minimum absolute atomic E-state index is 0.0227. The summed E-state index contributed by atoms with van der Waals surface area (Å²) >= 11 is 3.42. The molecule has 2 rings (SSSR count). The van der Waals surface area contributed by atoms with Crippen molar-refractivity contribution in [1.82, 2.24) is 0 Å². The van der Waals surface area contributed by atoms with E-state index in [1.165, 1.54) is 6.26 Å². The van der Waals surface area contributed by atoms with Crippen LogP contribution in [0.3, 0.4) is 0 Å². The largest absolute Gasteiger partial charge is 0.461 e. The molecule has 1 heterocycles. The van der Waals surface area contributed by atoms with Gasteiger partial charge in [-0.25, -0.2) is 0 Å². The van der Waals surface area contributed by atoms with E-state index in [-0.39, 0.29) is 12.4 Å². The average Bonchev–Trinajstić information content (AvgIpc) is 2.85. The van der Waals surface area contributed by atoms with Gasteiger partial charge in [0, 0.05) is 4.47 Å². The van der Waals surface area contributed by atoms with Crippen LogP contribution >= 0.6 is 15.9 Å². The highest BCUT2D eigenvalue weighted by molar-refractivity contribution is 9.10. The molecular weight excluding hydrogens is 284 g/mol. The zero-order valence-electron chi connectivity index (χ0n) is 9.06. The van der Waals surface area contributed by atoms with Crippen molar-refractivity contribution in [3.8, 4) is 0 Å². The number of carbonyl (C=O) groups is 1. The molecule has 0 aliphatic carbocycles. The summed E-state index contributed by atoms with van der Waals surface area (Å²) in [6.45, 7) is 0.419. The van der Waals surface area contributed by atoms with E-state index in [1.807, 2.05) is 24.3 Å². The molecule has 3 nitrogen and oxygen atoms in total. The first-order valence-electron chi connectivity index (χ1n) is 5.15. The van der Waals surface area contributed by atoms with Gasteiger partial charge in [-0.05, 0) is 23.8 Å². The van der Waals surface area contributed by atoms with Crippen LogP contribution in [0.2, 0.25) is 0 Å². The van der Waals surface area contributed by atoms with Crippen LogP contribution < -0.4 is 0 Å². The number of hydrogen-bond acceptors (Lipinski definition) is 3. The van der Waals surface area contributed by atoms with E-state index in [0.29, 0.717) is 12.4 Å². The summed E-state index contributed by atoms with van der Waals surface area (Å²) in [4.78, 5) is 11.6. The normalized spacial score (nSPS) is 10.4. The highest BCUT2D eigenvalue weighted by atomic mass is 79.9. The van der Waals surface area contributed by atoms with Crippen molar-refractivity contribution in [2.45, 2.75) is 6.61 Å². The Labute approximate surface area is 108 Å². The van der Waals surface area contributed by atoms with Crippen molar-refractivity contribution in [1.29, 1.82) is 0 Å². The first-order valence-corrected chi connectivity index (χ1v) is 5.94. The van der Waals surface area contributed by atoms with Gasteiger partial charge in [-0.1, -0.05) is 34.1 Å². The van der Waals surface area contributed by atoms with Crippen molar-refractivity contribution >= 4 is 21.7 Å². The molecule has 0 fully saturated rings. The van der Waals surface area contributed by atoms with E-state index < -0.39 is 0 Å². The van der Waals surface area contributed by atoms with Crippen LogP contribution in [-0.4, -0.2) is 12.4 Å². The van der Waals surface area contributed by atoms with Crippen molar-refractivity contribution in [2.75, 3.05) is 6.61 Å². The maximum absolute atomic E-state index is 11.6. The van der Waals surface area contributed by atoms with Gasteiger partial charge >= 0.3 is 0 Å². The van der Waals surface area contributed by atoms with Crippen molar-refractivity contribution < 1.29 is 13.9 Å². The monoisotopic (exact) mass is 294 g/mol. The number of Topliss-reactive ketones (excluding diaryl/α,β-unsaturated/α-hetero) is 1. The number of benzene rings is 1. The molecule has 4 heteroatoms. The molecule has 2 aromatic rings. The molecule has 17 heavy (non-hydrogen) atoms. The molecule has 0 radical (unpaired) electrons. The molecule has 1 aromatic heterocycles. The molecule has 0 bridgehead atoms. The summed E-state index contributed by atoms with van der Waals surface area (Å²) in [6.07, 6.45) is 1.47. The Morgan fingerprint density at radius 1 is 1.24 bits per heavy atom. The quantitative estimate of drug-likeness (QED) is 0.793. The third-order valence-electron chi connectivity index (χ3n) is 2.24. The Bertz CT molecular complexity index is 491. The molecule has 0 saturated carbocycles. The summed E-state index contributed by atoms with van der Waals surface area (Å²) < 4.78 is 11.3. The first kappa shape index (κ1) is 12.1. The van der Waals surface area contributed by atoms with Crippen LogP contribution in [0.4, 0.5) is 0 Å². The standard InChI is InChI=1S/C13H11BrO3/c14-11-5-2-1-4-10(11)8-16-9-12(15)13-6-3-7-17-13/h1-7H,8-9H2. The SMILES string of the molecule is O=C(COCc1ccccc1Br)c1ccco1. The van der Waals surface area contributed by atoms with Crippen LogP contribution in [0.25, 0.3) is 0 Å². The van der Waals surface area contributed by atoms with E-state index >= 15 is 0 Å². The average molecular weight is 295 g/mol. The van der Waals surface area contributed by atoms with E-state index in [2.05, 4.69) is 15.9 Å². The molecule has 0 amide bonds. The summed E-state index contributed by atoms with van der Waals surface area (Å²) in [5, 5.41) is 0. The van der Waals surface area contributed by atoms with Crippen LogP contribution in [0.15, 0.2) is 51.6 Å². The lowest BCUT2D eigenvalue weighted by Crippen LogP contribution is -2.08. The number of hydrogen-bond donors (Lipinski definition) is 0. The molecule has 0 N–H and O–H groups in total. The molecule has 0 atom stereocenters. The number of furan rings is 1. The van der Waals surface area contributed by atoms with Gasteiger partial charge in [0.05, 0.1) is 12.9 Å². The third-order valence-corrected chi connectivity index (χ3v) is 3.02. The number of ether oxygens (including phenoxy) is 1. The lowest BCUT2D eigenvalue weighted by Gasteiger charge is -2.04. The molecular formula is C13H11BrO3. The second-order valence-corrected chi connectivity index (χ2v) is 4.34. The van der Waals surface area contributed by atoms with Gasteiger partial charge in [0.1, 0.15) is 6.61 Å². The zero-order chi connectivity index (χ0) is 12.1. The molecule has 0 unspecified atom stereocenters. The smallest absolute Gasteiger partial charge is 0.223 e. The highest BCUT2D eigenvalue weighted by Gasteiger charge is 2.08. The van der Waals surface area contributed by atoms with Crippen LogP contribution in [0.1, 0.15) is 16.1 Å². The van der Waals surface area contributed by atoms with Crippen LogP contribution in [0.5, 0.6) is 0 Å². The Morgan fingerprint density at radius 2 is 2.06 bits per heavy atom. The van der Waals surface area contributed by atoms with Gasteiger partial charge < -0.3 is 9.15 Å². The van der Waals surface area contributed by atoms with E-state index in [0.717, 1.165) is 10.0 Å². The number of carbonyl (C=O) groups excluding carboxylic acids is 1. The predicted octanol–water partition coefficient (Wildman–Crippen LogP) is 3.44. The van der Waals surface area contributed by atoms with Gasteiger partial charge in [-0.2, -0.15) is 0 Å². The Kier molecular flexibility index (Phi) is 4.12. The molecule has 0 aliphatic heterocycles. The Morgan fingerprint density at radius 3 is 2.76 bits per heavy atom. The number of ketones is 1. The minimum Gasteiger partial charge on any atom is -0.461 e.